The highest BCUT2D eigenvalue weighted by Gasteiger charge is 2.35. The lowest BCUT2D eigenvalue weighted by Crippen LogP contribution is -2.31. The number of hydrogen-bond acceptors (Lipinski definition) is 0. The predicted octanol–water partition coefficient (Wildman–Crippen LogP) is 9.42. The van der Waals surface area contributed by atoms with Crippen LogP contribution in [0.5, 0.6) is 0 Å². The van der Waals surface area contributed by atoms with Gasteiger partial charge in [0.2, 0.25) is 0 Å². The Balaban J connectivity index is 1.47. The van der Waals surface area contributed by atoms with Crippen molar-refractivity contribution in [2.24, 2.45) is 29.6 Å². The Morgan fingerprint density at radius 1 is 0.903 bits per heavy atom. The average Bonchev–Trinajstić information content (AvgIpc) is 2.77. The van der Waals surface area contributed by atoms with Crippen LogP contribution in [0.2, 0.25) is 0 Å². The van der Waals surface area contributed by atoms with Gasteiger partial charge >= 0.3 is 0 Å². The molecule has 0 amide bonds. The summed E-state index contributed by atoms with van der Waals surface area (Å²) in [5.41, 5.74) is 4.14. The normalized spacial score (nSPS) is 27.3. The van der Waals surface area contributed by atoms with Crippen LogP contribution < -0.4 is 0 Å². The molecule has 0 nitrogen and oxygen atoms in total. The van der Waals surface area contributed by atoms with Crippen molar-refractivity contribution in [2.45, 2.75) is 91.9 Å². The topological polar surface area (TPSA) is 0 Å². The largest absolute Gasteiger partial charge is 0.0917 e. The summed E-state index contributed by atoms with van der Waals surface area (Å²) in [6.45, 7) is 9.06. The first-order chi connectivity index (χ1) is 15.1. The van der Waals surface area contributed by atoms with Crippen LogP contribution in [0.1, 0.15) is 96.6 Å². The zero-order valence-electron chi connectivity index (χ0n) is 20.7. The first kappa shape index (κ1) is 24.1. The molecule has 3 rings (SSSR count). The van der Waals surface area contributed by atoms with Gasteiger partial charge in [0.15, 0.2) is 0 Å². The zero-order chi connectivity index (χ0) is 22.1. The smallest absolute Gasteiger partial charge is 0.0187 e. The number of hydrogen-bond donors (Lipinski definition) is 0. The lowest BCUT2D eigenvalue weighted by molar-refractivity contribution is 0.0914. The highest BCUT2D eigenvalue weighted by molar-refractivity contribution is 5.73. The molecule has 0 aliphatic heterocycles. The molecule has 2 saturated carbocycles. The first-order valence-corrected chi connectivity index (χ1v) is 13.1. The van der Waals surface area contributed by atoms with Crippen molar-refractivity contribution in [3.63, 3.8) is 0 Å². The fraction of sp³-hybridized carbons (Fsp3) is 0.613. The molecule has 0 spiro atoms. The number of benzene rings is 1. The van der Waals surface area contributed by atoms with Gasteiger partial charge in [-0.05, 0) is 118 Å². The molecule has 2 aliphatic rings. The fourth-order valence-corrected chi connectivity index (χ4v) is 6.21. The van der Waals surface area contributed by atoms with Gasteiger partial charge in [-0.15, -0.1) is 0 Å². The van der Waals surface area contributed by atoms with Crippen LogP contribution in [-0.4, -0.2) is 0 Å². The molecule has 0 bridgehead atoms. The van der Waals surface area contributed by atoms with Crippen molar-refractivity contribution in [1.82, 2.24) is 0 Å². The van der Waals surface area contributed by atoms with E-state index in [1.165, 1.54) is 68.1 Å². The SMILES string of the molecule is C/C=C/CCc1ccc(C(/C=C\CC2CCC3CC(CC(C)C)CCC3C2)=C/C)cc1. The van der Waals surface area contributed by atoms with Crippen LogP contribution in [0.25, 0.3) is 5.57 Å². The molecule has 2 aliphatic carbocycles. The van der Waals surface area contributed by atoms with E-state index in [1.54, 1.807) is 0 Å². The van der Waals surface area contributed by atoms with Crippen LogP contribution in [0.3, 0.4) is 0 Å². The van der Waals surface area contributed by atoms with Crippen molar-refractivity contribution >= 4 is 5.57 Å². The fourth-order valence-electron chi connectivity index (χ4n) is 6.21. The molecule has 4 unspecified atom stereocenters. The third-order valence-corrected chi connectivity index (χ3v) is 7.84. The Morgan fingerprint density at radius 2 is 1.58 bits per heavy atom. The van der Waals surface area contributed by atoms with E-state index in [0.717, 1.165) is 42.4 Å². The number of fused-ring (bicyclic) bond motifs is 1. The van der Waals surface area contributed by atoms with Crippen LogP contribution in [0.15, 0.2) is 54.6 Å². The summed E-state index contributed by atoms with van der Waals surface area (Å²) in [6.07, 6.45) is 25.4. The molecule has 1 aromatic carbocycles. The Hall–Kier alpha value is -1.56. The Morgan fingerprint density at radius 3 is 2.23 bits per heavy atom. The van der Waals surface area contributed by atoms with E-state index in [2.05, 4.69) is 82.3 Å². The molecule has 4 atom stereocenters. The Bertz CT molecular complexity index is 730. The van der Waals surface area contributed by atoms with E-state index in [1.807, 2.05) is 0 Å². The van der Waals surface area contributed by atoms with Gasteiger partial charge in [0.05, 0.1) is 0 Å². The molecule has 0 heteroatoms. The molecular formula is C31H46. The molecule has 31 heavy (non-hydrogen) atoms. The Labute approximate surface area is 192 Å². The summed E-state index contributed by atoms with van der Waals surface area (Å²) in [7, 11) is 0. The van der Waals surface area contributed by atoms with E-state index in [-0.39, 0.29) is 0 Å². The maximum absolute atomic E-state index is 2.46. The van der Waals surface area contributed by atoms with Gasteiger partial charge in [-0.3, -0.25) is 0 Å². The van der Waals surface area contributed by atoms with E-state index >= 15 is 0 Å². The van der Waals surface area contributed by atoms with E-state index in [0.29, 0.717) is 0 Å². The predicted molar refractivity (Wildman–Crippen MR) is 138 cm³/mol. The zero-order valence-corrected chi connectivity index (χ0v) is 20.7. The van der Waals surface area contributed by atoms with Gasteiger partial charge in [-0.25, -0.2) is 0 Å². The van der Waals surface area contributed by atoms with Gasteiger partial charge in [0, 0.05) is 0 Å². The minimum atomic E-state index is 0.873. The first-order valence-electron chi connectivity index (χ1n) is 13.1. The monoisotopic (exact) mass is 418 g/mol. The van der Waals surface area contributed by atoms with E-state index in [9.17, 15) is 0 Å². The van der Waals surface area contributed by atoms with Gasteiger partial charge in [0.25, 0.3) is 0 Å². The van der Waals surface area contributed by atoms with Crippen molar-refractivity contribution in [1.29, 1.82) is 0 Å². The van der Waals surface area contributed by atoms with Gasteiger partial charge in [0.1, 0.15) is 0 Å². The summed E-state index contributed by atoms with van der Waals surface area (Å²) in [4.78, 5) is 0. The second-order valence-electron chi connectivity index (χ2n) is 10.7. The molecule has 0 heterocycles. The summed E-state index contributed by atoms with van der Waals surface area (Å²) in [5, 5.41) is 0. The molecule has 170 valence electrons. The quantitative estimate of drug-likeness (QED) is 0.277. The molecule has 2 fully saturated rings. The summed E-state index contributed by atoms with van der Waals surface area (Å²) >= 11 is 0. The molecule has 1 aromatic rings. The average molecular weight is 419 g/mol. The molecule has 0 saturated heterocycles. The molecular weight excluding hydrogens is 372 g/mol. The van der Waals surface area contributed by atoms with Crippen molar-refractivity contribution < 1.29 is 0 Å². The van der Waals surface area contributed by atoms with Gasteiger partial charge in [-0.1, -0.05) is 74.9 Å². The summed E-state index contributed by atoms with van der Waals surface area (Å²) < 4.78 is 0. The lowest BCUT2D eigenvalue weighted by atomic mass is 9.63. The second kappa shape index (κ2) is 12.5. The summed E-state index contributed by atoms with van der Waals surface area (Å²) in [5.74, 6) is 4.86. The van der Waals surface area contributed by atoms with Crippen LogP contribution in [0, 0.1) is 29.6 Å². The van der Waals surface area contributed by atoms with E-state index < -0.39 is 0 Å². The molecule has 0 N–H and O–H groups in total. The van der Waals surface area contributed by atoms with Gasteiger partial charge in [-0.2, -0.15) is 0 Å². The number of rotatable bonds is 9. The van der Waals surface area contributed by atoms with Gasteiger partial charge < -0.3 is 0 Å². The highest BCUT2D eigenvalue weighted by atomic mass is 14.4. The number of aryl methyl sites for hydroxylation is 1. The van der Waals surface area contributed by atoms with Crippen molar-refractivity contribution in [3.8, 4) is 0 Å². The molecule has 0 radical (unpaired) electrons. The minimum absolute atomic E-state index is 0.873. The molecule has 0 aromatic heterocycles. The minimum Gasteiger partial charge on any atom is -0.0917 e. The maximum atomic E-state index is 2.46. The second-order valence-corrected chi connectivity index (χ2v) is 10.7. The standard InChI is InChI=1S/C31H46/c1-5-7-8-10-25-13-17-29(18-14-25)28(6-2)12-9-11-26-15-19-31-23-27(21-24(3)4)16-20-30(31)22-26/h5-7,9,12-14,17-18,24,26-27,30-31H,8,10-11,15-16,19-23H2,1-4H3/b7-5+,12-9-,28-6+. The lowest BCUT2D eigenvalue weighted by Gasteiger charge is -2.42. The Kier molecular flexibility index (Phi) is 9.69. The third kappa shape index (κ3) is 7.51. The third-order valence-electron chi connectivity index (χ3n) is 7.84. The number of allylic oxidation sites excluding steroid dienone is 6. The van der Waals surface area contributed by atoms with Crippen LogP contribution in [0.4, 0.5) is 0 Å². The van der Waals surface area contributed by atoms with E-state index in [4.69, 9.17) is 0 Å². The van der Waals surface area contributed by atoms with Crippen molar-refractivity contribution in [3.05, 3.63) is 65.8 Å². The van der Waals surface area contributed by atoms with Crippen LogP contribution >= 0.6 is 0 Å². The van der Waals surface area contributed by atoms with Crippen molar-refractivity contribution in [2.75, 3.05) is 0 Å². The maximum Gasteiger partial charge on any atom is -0.0187 e. The van der Waals surface area contributed by atoms with Crippen LogP contribution in [-0.2, 0) is 6.42 Å². The summed E-state index contributed by atoms with van der Waals surface area (Å²) in [6, 6.07) is 9.19. The highest BCUT2D eigenvalue weighted by Crippen LogP contribution is 2.46.